The summed E-state index contributed by atoms with van der Waals surface area (Å²) in [4.78, 5) is 10.4. The predicted molar refractivity (Wildman–Crippen MR) is 100 cm³/mol. The minimum absolute atomic E-state index is 0.0325. The molecule has 2 aromatic rings. The molecule has 0 heterocycles. The number of ether oxygens (including phenoxy) is 2. The van der Waals surface area contributed by atoms with E-state index in [0.29, 0.717) is 16.5 Å². The van der Waals surface area contributed by atoms with Gasteiger partial charge in [-0.3, -0.25) is 10.1 Å². The third kappa shape index (κ3) is 4.80. The quantitative estimate of drug-likeness (QED) is 0.461. The van der Waals surface area contributed by atoms with E-state index < -0.39 is 4.92 Å². The molecule has 2 N–H and O–H groups in total. The molecule has 132 valence electrons. The number of anilines is 1. The average Bonchev–Trinajstić information content (AvgIpc) is 2.61. The van der Waals surface area contributed by atoms with Gasteiger partial charge in [-0.25, -0.2) is 0 Å². The smallest absolute Gasteiger partial charge is 0.273 e. The SMILES string of the molecule is COc1ccc(C(C)NC(=S)Nc2ccc([N+](=O)[O-])cc2OC)cc1. The number of hydrogen-bond acceptors (Lipinski definition) is 5. The van der Waals surface area contributed by atoms with Crippen LogP contribution < -0.4 is 20.1 Å². The number of nitrogens with zero attached hydrogens (tertiary/aromatic N) is 1. The number of non-ortho nitro benzene ring substituents is 1. The molecule has 0 saturated carbocycles. The van der Waals surface area contributed by atoms with Crippen molar-refractivity contribution in [2.75, 3.05) is 19.5 Å². The highest BCUT2D eigenvalue weighted by atomic mass is 32.1. The van der Waals surface area contributed by atoms with Crippen molar-refractivity contribution in [1.29, 1.82) is 0 Å². The van der Waals surface area contributed by atoms with Gasteiger partial charge in [-0.2, -0.15) is 0 Å². The summed E-state index contributed by atoms with van der Waals surface area (Å²) in [5.41, 5.74) is 1.54. The van der Waals surface area contributed by atoms with Crippen molar-refractivity contribution in [3.8, 4) is 11.5 Å². The van der Waals surface area contributed by atoms with E-state index in [2.05, 4.69) is 10.6 Å². The molecule has 0 aromatic heterocycles. The molecule has 0 saturated heterocycles. The lowest BCUT2D eigenvalue weighted by Crippen LogP contribution is -2.31. The zero-order valence-corrected chi connectivity index (χ0v) is 14.9. The van der Waals surface area contributed by atoms with Gasteiger partial charge in [0.05, 0.1) is 36.9 Å². The highest BCUT2D eigenvalue weighted by molar-refractivity contribution is 7.80. The Morgan fingerprint density at radius 2 is 1.84 bits per heavy atom. The van der Waals surface area contributed by atoms with Crippen molar-refractivity contribution in [1.82, 2.24) is 5.32 Å². The van der Waals surface area contributed by atoms with Gasteiger partial charge in [-0.15, -0.1) is 0 Å². The third-order valence-electron chi connectivity index (χ3n) is 3.61. The Morgan fingerprint density at radius 3 is 2.40 bits per heavy atom. The first-order valence-corrected chi connectivity index (χ1v) is 7.89. The van der Waals surface area contributed by atoms with Crippen molar-refractivity contribution in [2.24, 2.45) is 0 Å². The molecular formula is C17H19N3O4S. The fourth-order valence-electron chi connectivity index (χ4n) is 2.23. The lowest BCUT2D eigenvalue weighted by molar-refractivity contribution is -0.384. The highest BCUT2D eigenvalue weighted by Crippen LogP contribution is 2.29. The topological polar surface area (TPSA) is 85.7 Å². The van der Waals surface area contributed by atoms with Crippen LogP contribution in [0.1, 0.15) is 18.5 Å². The Morgan fingerprint density at radius 1 is 1.16 bits per heavy atom. The van der Waals surface area contributed by atoms with E-state index in [9.17, 15) is 10.1 Å². The molecule has 1 atom stereocenters. The zero-order valence-electron chi connectivity index (χ0n) is 14.1. The molecule has 0 aliphatic rings. The molecule has 0 aliphatic heterocycles. The number of rotatable bonds is 6. The molecule has 2 aromatic carbocycles. The second kappa shape index (κ2) is 8.29. The van der Waals surface area contributed by atoms with E-state index in [4.69, 9.17) is 21.7 Å². The summed E-state index contributed by atoms with van der Waals surface area (Å²) in [6.45, 7) is 1.98. The maximum atomic E-state index is 10.8. The first-order valence-electron chi connectivity index (χ1n) is 7.48. The van der Waals surface area contributed by atoms with Crippen molar-refractivity contribution in [3.05, 3.63) is 58.1 Å². The summed E-state index contributed by atoms with van der Waals surface area (Å²) >= 11 is 5.32. The number of nitro groups is 1. The Kier molecular flexibility index (Phi) is 6.13. The van der Waals surface area contributed by atoms with E-state index in [0.717, 1.165) is 11.3 Å². The second-order valence-electron chi connectivity index (χ2n) is 5.24. The normalized spacial score (nSPS) is 11.3. The van der Waals surface area contributed by atoms with Crippen LogP contribution in [0.5, 0.6) is 11.5 Å². The summed E-state index contributed by atoms with van der Waals surface area (Å²) in [6, 6.07) is 11.9. The van der Waals surface area contributed by atoms with Crippen LogP contribution in [0.3, 0.4) is 0 Å². The van der Waals surface area contributed by atoms with Crippen LogP contribution in [0.2, 0.25) is 0 Å². The first kappa shape index (κ1) is 18.5. The molecule has 8 heteroatoms. The van der Waals surface area contributed by atoms with Gasteiger partial charge in [0, 0.05) is 6.07 Å². The van der Waals surface area contributed by atoms with Crippen molar-refractivity contribution in [3.63, 3.8) is 0 Å². The van der Waals surface area contributed by atoms with Crippen LogP contribution in [0.4, 0.5) is 11.4 Å². The average molecular weight is 361 g/mol. The third-order valence-corrected chi connectivity index (χ3v) is 3.83. The minimum atomic E-state index is -0.478. The number of hydrogen-bond donors (Lipinski definition) is 2. The molecule has 0 amide bonds. The summed E-state index contributed by atoms with van der Waals surface area (Å²) < 4.78 is 10.3. The summed E-state index contributed by atoms with van der Waals surface area (Å²) in [6.07, 6.45) is 0. The van der Waals surface area contributed by atoms with Crippen LogP contribution in [0.15, 0.2) is 42.5 Å². The number of nitrogens with one attached hydrogen (secondary N) is 2. The number of benzene rings is 2. The Bertz CT molecular complexity index is 765. The Labute approximate surface area is 151 Å². The van der Waals surface area contributed by atoms with E-state index in [-0.39, 0.29) is 11.7 Å². The van der Waals surface area contributed by atoms with E-state index in [1.54, 1.807) is 13.2 Å². The van der Waals surface area contributed by atoms with Gasteiger partial charge in [-0.1, -0.05) is 12.1 Å². The van der Waals surface area contributed by atoms with Gasteiger partial charge >= 0.3 is 0 Å². The summed E-state index contributed by atoms with van der Waals surface area (Å²) in [5.74, 6) is 1.13. The summed E-state index contributed by atoms with van der Waals surface area (Å²) in [5, 5.41) is 17.4. The summed E-state index contributed by atoms with van der Waals surface area (Å²) in [7, 11) is 3.06. The molecule has 2 rings (SSSR count). The van der Waals surface area contributed by atoms with Gasteiger partial charge in [-0.05, 0) is 42.9 Å². The van der Waals surface area contributed by atoms with Crippen LogP contribution in [-0.4, -0.2) is 24.3 Å². The van der Waals surface area contributed by atoms with Crippen LogP contribution in [0.25, 0.3) is 0 Å². The Balaban J connectivity index is 2.05. The lowest BCUT2D eigenvalue weighted by Gasteiger charge is -2.18. The second-order valence-corrected chi connectivity index (χ2v) is 5.64. The van der Waals surface area contributed by atoms with Gasteiger partial charge in [0.2, 0.25) is 0 Å². The predicted octanol–water partition coefficient (Wildman–Crippen LogP) is 3.66. The van der Waals surface area contributed by atoms with Gasteiger partial charge < -0.3 is 20.1 Å². The van der Waals surface area contributed by atoms with Gasteiger partial charge in [0.15, 0.2) is 5.11 Å². The molecule has 0 radical (unpaired) electrons. The molecule has 1 unspecified atom stereocenters. The lowest BCUT2D eigenvalue weighted by atomic mass is 10.1. The minimum Gasteiger partial charge on any atom is -0.497 e. The molecule has 0 bridgehead atoms. The van der Waals surface area contributed by atoms with E-state index in [1.165, 1.54) is 19.2 Å². The molecule has 0 aliphatic carbocycles. The van der Waals surface area contributed by atoms with Crippen LogP contribution in [-0.2, 0) is 0 Å². The van der Waals surface area contributed by atoms with Gasteiger partial charge in [0.1, 0.15) is 11.5 Å². The van der Waals surface area contributed by atoms with E-state index in [1.807, 2.05) is 31.2 Å². The monoisotopic (exact) mass is 361 g/mol. The van der Waals surface area contributed by atoms with Gasteiger partial charge in [0.25, 0.3) is 5.69 Å². The fourth-order valence-corrected chi connectivity index (χ4v) is 2.51. The molecule has 0 spiro atoms. The fraction of sp³-hybridized carbons (Fsp3) is 0.235. The largest absolute Gasteiger partial charge is 0.497 e. The molecule has 7 nitrogen and oxygen atoms in total. The zero-order chi connectivity index (χ0) is 18.4. The molecule has 0 fully saturated rings. The van der Waals surface area contributed by atoms with Crippen molar-refractivity contribution in [2.45, 2.75) is 13.0 Å². The maximum Gasteiger partial charge on any atom is 0.273 e. The first-order chi connectivity index (χ1) is 11.9. The van der Waals surface area contributed by atoms with Crippen molar-refractivity contribution >= 4 is 28.7 Å². The number of nitro benzene ring substituents is 1. The van der Waals surface area contributed by atoms with Crippen LogP contribution >= 0.6 is 12.2 Å². The van der Waals surface area contributed by atoms with Crippen LogP contribution in [0, 0.1) is 10.1 Å². The molecule has 25 heavy (non-hydrogen) atoms. The molecular weight excluding hydrogens is 342 g/mol. The standard InChI is InChI=1S/C17H19N3O4S/c1-11(12-4-7-14(23-2)8-5-12)18-17(25)19-15-9-6-13(20(21)22)10-16(15)24-3/h4-11H,1-3H3,(H2,18,19,25). The number of methoxy groups -OCH3 is 2. The highest BCUT2D eigenvalue weighted by Gasteiger charge is 2.13. The number of thiocarbonyl (C=S) groups is 1. The maximum absolute atomic E-state index is 10.8. The Hall–Kier alpha value is -2.87. The van der Waals surface area contributed by atoms with E-state index >= 15 is 0 Å². The van der Waals surface area contributed by atoms with Crippen molar-refractivity contribution < 1.29 is 14.4 Å².